The largest absolute Gasteiger partial charge is 0.405 e. The van der Waals surface area contributed by atoms with E-state index in [1.54, 1.807) is 0 Å². The molecule has 0 spiro atoms. The number of nitrogens with one attached hydrogen (secondary N) is 1. The molecule has 3 N–H and O–H groups in total. The fourth-order valence-electron chi connectivity index (χ4n) is 1.56. The van der Waals surface area contributed by atoms with E-state index in [0.717, 1.165) is 25.7 Å². The minimum absolute atomic E-state index is 0.0310. The van der Waals surface area contributed by atoms with Crippen molar-refractivity contribution in [2.45, 2.75) is 39.0 Å². The van der Waals surface area contributed by atoms with Crippen molar-refractivity contribution < 1.29 is 14.4 Å². The number of amides is 2. The lowest BCUT2D eigenvalue weighted by Gasteiger charge is -2.01. The molecule has 5 heteroatoms. The highest BCUT2D eigenvalue weighted by atomic mass is 16.6. The lowest BCUT2D eigenvalue weighted by atomic mass is 10.1. The molecule has 0 atom stereocenters. The highest BCUT2D eigenvalue weighted by Gasteiger charge is 2.31. The number of carbonyl (C=O) groups is 2. The molecule has 0 aliphatic carbocycles. The van der Waals surface area contributed by atoms with Crippen LogP contribution < -0.4 is 11.2 Å². The number of carbonyl (C=O) groups excluding carboxylic acids is 2. The molecular formula is C10H16N2O3. The predicted octanol–water partition coefficient (Wildman–Crippen LogP) is 0.758. The summed E-state index contributed by atoms with van der Waals surface area (Å²) in [6, 6.07) is 0. The van der Waals surface area contributed by atoms with E-state index >= 15 is 0 Å². The number of unbranched alkanes of at least 4 members (excludes halogenated alkanes) is 3. The molecule has 0 aromatic carbocycles. The molecule has 2 amide bonds. The Morgan fingerprint density at radius 2 is 1.93 bits per heavy atom. The second-order valence-corrected chi connectivity index (χ2v) is 3.52. The Morgan fingerprint density at radius 3 is 2.53 bits per heavy atom. The minimum atomic E-state index is -0.534. The maximum absolute atomic E-state index is 11.3. The third-order valence-electron chi connectivity index (χ3n) is 2.38. The van der Waals surface area contributed by atoms with Gasteiger partial charge in [-0.25, -0.2) is 0 Å². The van der Waals surface area contributed by atoms with E-state index in [1.165, 1.54) is 0 Å². The van der Waals surface area contributed by atoms with Gasteiger partial charge in [0, 0.05) is 0 Å². The molecule has 0 radical (unpaired) electrons. The molecule has 0 aromatic heterocycles. The Balaban J connectivity index is 2.53. The number of hydrogen-bond acceptors (Lipinski definition) is 4. The first kappa shape index (κ1) is 11.7. The highest BCUT2D eigenvalue weighted by molar-refractivity contribution is 6.18. The fourth-order valence-corrected chi connectivity index (χ4v) is 1.56. The molecule has 0 saturated carbocycles. The zero-order valence-electron chi connectivity index (χ0n) is 8.84. The summed E-state index contributed by atoms with van der Waals surface area (Å²) in [5.74, 6) is 3.99. The quantitative estimate of drug-likeness (QED) is 0.387. The van der Waals surface area contributed by atoms with E-state index in [-0.39, 0.29) is 11.7 Å². The van der Waals surface area contributed by atoms with Gasteiger partial charge in [-0.05, 0) is 12.8 Å². The van der Waals surface area contributed by atoms with Crippen LogP contribution in [0.4, 0.5) is 0 Å². The molecular weight excluding hydrogens is 196 g/mol. The van der Waals surface area contributed by atoms with E-state index < -0.39 is 5.91 Å². The van der Waals surface area contributed by atoms with Crippen molar-refractivity contribution in [2.24, 2.45) is 5.90 Å². The van der Waals surface area contributed by atoms with E-state index in [0.29, 0.717) is 12.0 Å². The average molecular weight is 212 g/mol. The van der Waals surface area contributed by atoms with Crippen molar-refractivity contribution in [2.75, 3.05) is 0 Å². The second kappa shape index (κ2) is 5.50. The van der Waals surface area contributed by atoms with Crippen molar-refractivity contribution in [3.05, 3.63) is 11.3 Å². The van der Waals surface area contributed by atoms with Crippen LogP contribution >= 0.6 is 0 Å². The topological polar surface area (TPSA) is 81.4 Å². The van der Waals surface area contributed by atoms with E-state index in [9.17, 15) is 9.59 Å². The summed E-state index contributed by atoms with van der Waals surface area (Å²) in [5.41, 5.74) is 0.374. The zero-order chi connectivity index (χ0) is 11.3. The van der Waals surface area contributed by atoms with Crippen LogP contribution in [-0.4, -0.2) is 11.8 Å². The maximum atomic E-state index is 11.3. The van der Waals surface area contributed by atoms with Crippen LogP contribution in [0, 0.1) is 0 Å². The van der Waals surface area contributed by atoms with Crippen LogP contribution in [0.2, 0.25) is 0 Å². The average Bonchev–Trinajstić information content (AvgIpc) is 2.48. The van der Waals surface area contributed by atoms with Gasteiger partial charge in [-0.15, -0.1) is 0 Å². The minimum Gasteiger partial charge on any atom is -0.405 e. The zero-order valence-corrected chi connectivity index (χ0v) is 8.84. The summed E-state index contributed by atoms with van der Waals surface area (Å²) in [4.78, 5) is 26.8. The van der Waals surface area contributed by atoms with Crippen LogP contribution in [-0.2, 0) is 14.4 Å². The number of nitrogens with two attached hydrogens (primary N) is 1. The Kier molecular flexibility index (Phi) is 4.30. The summed E-state index contributed by atoms with van der Waals surface area (Å²) in [7, 11) is 0. The maximum Gasteiger partial charge on any atom is 0.296 e. The summed E-state index contributed by atoms with van der Waals surface area (Å²) < 4.78 is 0. The Morgan fingerprint density at radius 1 is 1.20 bits per heavy atom. The lowest BCUT2D eigenvalue weighted by molar-refractivity contribution is -0.125. The first-order chi connectivity index (χ1) is 7.20. The van der Waals surface area contributed by atoms with Crippen LogP contribution in [0.15, 0.2) is 11.3 Å². The van der Waals surface area contributed by atoms with Gasteiger partial charge in [0.05, 0.1) is 5.57 Å². The van der Waals surface area contributed by atoms with Crippen molar-refractivity contribution in [3.63, 3.8) is 0 Å². The summed E-state index contributed by atoms with van der Waals surface area (Å²) >= 11 is 0. The van der Waals surface area contributed by atoms with E-state index in [2.05, 4.69) is 17.1 Å². The van der Waals surface area contributed by atoms with Gasteiger partial charge >= 0.3 is 0 Å². The van der Waals surface area contributed by atoms with Gasteiger partial charge in [0.2, 0.25) is 5.76 Å². The Hall–Kier alpha value is -1.36. The first-order valence-electron chi connectivity index (χ1n) is 5.16. The van der Waals surface area contributed by atoms with Crippen LogP contribution in [0.25, 0.3) is 0 Å². The third-order valence-corrected chi connectivity index (χ3v) is 2.38. The third kappa shape index (κ3) is 2.79. The number of hydrogen-bond donors (Lipinski definition) is 2. The van der Waals surface area contributed by atoms with Gasteiger partial charge in [0.15, 0.2) is 0 Å². The van der Waals surface area contributed by atoms with Gasteiger partial charge in [0.1, 0.15) is 0 Å². The molecule has 15 heavy (non-hydrogen) atoms. The highest BCUT2D eigenvalue weighted by Crippen LogP contribution is 2.19. The van der Waals surface area contributed by atoms with Gasteiger partial charge in [-0.3, -0.25) is 14.9 Å². The first-order valence-corrected chi connectivity index (χ1v) is 5.16. The molecule has 1 rings (SSSR count). The van der Waals surface area contributed by atoms with Crippen LogP contribution in [0.5, 0.6) is 0 Å². The van der Waals surface area contributed by atoms with Crippen molar-refractivity contribution in [1.82, 2.24) is 5.32 Å². The molecule has 1 aliphatic heterocycles. The summed E-state index contributed by atoms with van der Waals surface area (Å²) in [6.07, 6.45) is 4.71. The molecule has 1 aliphatic rings. The Bertz CT molecular complexity index is 297. The predicted molar refractivity (Wildman–Crippen MR) is 54.2 cm³/mol. The van der Waals surface area contributed by atoms with Gasteiger partial charge in [-0.1, -0.05) is 26.2 Å². The smallest absolute Gasteiger partial charge is 0.296 e. The molecule has 0 fully saturated rings. The monoisotopic (exact) mass is 212 g/mol. The van der Waals surface area contributed by atoms with Crippen molar-refractivity contribution in [1.29, 1.82) is 0 Å². The SMILES string of the molecule is CCCCCCC1=C(ON)C(=O)NC1=O. The molecule has 0 saturated heterocycles. The van der Waals surface area contributed by atoms with Gasteiger partial charge in [-0.2, -0.15) is 5.90 Å². The van der Waals surface area contributed by atoms with E-state index in [1.807, 2.05) is 0 Å². The number of imide groups is 1. The molecule has 1 heterocycles. The fraction of sp³-hybridized carbons (Fsp3) is 0.600. The lowest BCUT2D eigenvalue weighted by Crippen LogP contribution is -2.24. The normalized spacial score (nSPS) is 15.9. The van der Waals surface area contributed by atoms with Crippen LogP contribution in [0.1, 0.15) is 39.0 Å². The van der Waals surface area contributed by atoms with Crippen LogP contribution in [0.3, 0.4) is 0 Å². The van der Waals surface area contributed by atoms with E-state index in [4.69, 9.17) is 5.90 Å². The molecule has 0 aromatic rings. The van der Waals surface area contributed by atoms with Crippen molar-refractivity contribution in [3.8, 4) is 0 Å². The molecule has 5 nitrogen and oxygen atoms in total. The van der Waals surface area contributed by atoms with Crippen molar-refractivity contribution >= 4 is 11.8 Å². The standard InChI is InChI=1S/C10H16N2O3/c1-2-3-4-5-6-7-8(15-11)10(14)12-9(7)13/h2-6,11H2,1H3,(H,12,13,14). The van der Waals surface area contributed by atoms with Gasteiger partial charge in [0.25, 0.3) is 11.8 Å². The Labute approximate surface area is 88.6 Å². The number of rotatable bonds is 6. The molecule has 0 bridgehead atoms. The molecule has 0 unspecified atom stereocenters. The second-order valence-electron chi connectivity index (χ2n) is 3.52. The van der Waals surface area contributed by atoms with Gasteiger partial charge < -0.3 is 4.84 Å². The summed E-state index contributed by atoms with van der Waals surface area (Å²) in [6.45, 7) is 2.11. The molecule has 84 valence electrons. The summed E-state index contributed by atoms with van der Waals surface area (Å²) in [5, 5.41) is 2.15.